The van der Waals surface area contributed by atoms with Crippen LogP contribution in [0.15, 0.2) is 42.7 Å². The lowest BCUT2D eigenvalue weighted by Crippen LogP contribution is -2.41. The average Bonchev–Trinajstić information content (AvgIpc) is 2.65. The van der Waals surface area contributed by atoms with Crippen molar-refractivity contribution < 1.29 is 14.3 Å². The van der Waals surface area contributed by atoms with E-state index >= 15 is 0 Å². The Hall–Kier alpha value is -2.44. The normalized spacial score (nSPS) is 14.9. The topological polar surface area (TPSA) is 63.7 Å². The SMILES string of the molecule is Cc1ccc(Oc2cncc(C(=O)NCCN3CCOCC3)c2)cc1. The van der Waals surface area contributed by atoms with Crippen molar-refractivity contribution in [3.05, 3.63) is 53.9 Å². The molecule has 132 valence electrons. The van der Waals surface area contributed by atoms with Crippen LogP contribution < -0.4 is 10.1 Å². The summed E-state index contributed by atoms with van der Waals surface area (Å²) in [6.45, 7) is 6.79. The summed E-state index contributed by atoms with van der Waals surface area (Å²) in [4.78, 5) is 18.7. The molecular formula is C19H23N3O3. The van der Waals surface area contributed by atoms with Gasteiger partial charge in [-0.05, 0) is 25.1 Å². The highest BCUT2D eigenvalue weighted by atomic mass is 16.5. The lowest BCUT2D eigenvalue weighted by Gasteiger charge is -2.26. The Bertz CT molecular complexity index is 697. The molecule has 3 rings (SSSR count). The second-order valence-corrected chi connectivity index (χ2v) is 6.03. The van der Waals surface area contributed by atoms with Crippen LogP contribution in [0.3, 0.4) is 0 Å². The van der Waals surface area contributed by atoms with E-state index < -0.39 is 0 Å². The summed E-state index contributed by atoms with van der Waals surface area (Å²) in [5.41, 5.74) is 1.66. The minimum atomic E-state index is -0.143. The first kappa shape index (κ1) is 17.4. The number of carbonyl (C=O) groups is 1. The fourth-order valence-corrected chi connectivity index (χ4v) is 2.60. The number of ether oxygens (including phenoxy) is 2. The summed E-state index contributed by atoms with van der Waals surface area (Å²) in [5.74, 6) is 1.12. The maximum atomic E-state index is 12.3. The molecule has 1 amide bonds. The summed E-state index contributed by atoms with van der Waals surface area (Å²) in [5, 5.41) is 2.93. The Morgan fingerprint density at radius 1 is 1.20 bits per heavy atom. The second-order valence-electron chi connectivity index (χ2n) is 6.03. The number of aromatic nitrogens is 1. The van der Waals surface area contributed by atoms with Crippen molar-refractivity contribution in [2.45, 2.75) is 6.92 Å². The second kappa shape index (κ2) is 8.60. The van der Waals surface area contributed by atoms with Crippen molar-refractivity contribution in [2.75, 3.05) is 39.4 Å². The smallest absolute Gasteiger partial charge is 0.253 e. The molecule has 1 aromatic heterocycles. The van der Waals surface area contributed by atoms with Crippen molar-refractivity contribution in [2.24, 2.45) is 0 Å². The molecule has 1 N–H and O–H groups in total. The first-order chi connectivity index (χ1) is 12.2. The molecule has 0 spiro atoms. The Morgan fingerprint density at radius 3 is 2.72 bits per heavy atom. The molecule has 0 atom stereocenters. The zero-order chi connectivity index (χ0) is 17.5. The quantitative estimate of drug-likeness (QED) is 0.873. The van der Waals surface area contributed by atoms with Gasteiger partial charge < -0.3 is 14.8 Å². The molecular weight excluding hydrogens is 318 g/mol. The maximum absolute atomic E-state index is 12.3. The average molecular weight is 341 g/mol. The number of nitrogens with zero attached hydrogens (tertiary/aromatic N) is 2. The van der Waals surface area contributed by atoms with Gasteiger partial charge in [-0.15, -0.1) is 0 Å². The summed E-state index contributed by atoms with van der Waals surface area (Å²) in [6.07, 6.45) is 3.15. The van der Waals surface area contributed by atoms with E-state index in [1.165, 1.54) is 5.56 Å². The van der Waals surface area contributed by atoms with Gasteiger partial charge in [0.1, 0.15) is 11.5 Å². The van der Waals surface area contributed by atoms with Gasteiger partial charge in [-0.3, -0.25) is 14.7 Å². The van der Waals surface area contributed by atoms with Gasteiger partial charge in [-0.2, -0.15) is 0 Å². The number of amides is 1. The Morgan fingerprint density at radius 2 is 1.96 bits per heavy atom. The molecule has 0 aliphatic carbocycles. The third kappa shape index (κ3) is 5.27. The van der Waals surface area contributed by atoms with Crippen LogP contribution in [-0.2, 0) is 4.74 Å². The van der Waals surface area contributed by atoms with Crippen LogP contribution in [0.5, 0.6) is 11.5 Å². The van der Waals surface area contributed by atoms with Gasteiger partial charge in [0.25, 0.3) is 5.91 Å². The molecule has 1 fully saturated rings. The molecule has 0 saturated carbocycles. The fourth-order valence-electron chi connectivity index (χ4n) is 2.60. The highest BCUT2D eigenvalue weighted by molar-refractivity contribution is 5.94. The first-order valence-electron chi connectivity index (χ1n) is 8.48. The molecule has 1 saturated heterocycles. The summed E-state index contributed by atoms with van der Waals surface area (Å²) in [6, 6.07) is 9.45. The highest BCUT2D eigenvalue weighted by Gasteiger charge is 2.11. The zero-order valence-electron chi connectivity index (χ0n) is 14.4. The van der Waals surface area contributed by atoms with E-state index in [1.807, 2.05) is 31.2 Å². The predicted molar refractivity (Wildman–Crippen MR) is 95.1 cm³/mol. The van der Waals surface area contributed by atoms with Crippen LogP contribution in [0.2, 0.25) is 0 Å². The van der Waals surface area contributed by atoms with E-state index in [4.69, 9.17) is 9.47 Å². The molecule has 25 heavy (non-hydrogen) atoms. The van der Waals surface area contributed by atoms with E-state index in [9.17, 15) is 4.79 Å². The molecule has 1 aliphatic rings. The van der Waals surface area contributed by atoms with Crippen LogP contribution in [0.25, 0.3) is 0 Å². The number of morpholine rings is 1. The van der Waals surface area contributed by atoms with Crippen molar-refractivity contribution in [1.82, 2.24) is 15.2 Å². The fraction of sp³-hybridized carbons (Fsp3) is 0.368. The third-order valence-corrected chi connectivity index (χ3v) is 4.05. The Kier molecular flexibility index (Phi) is 5.98. The summed E-state index contributed by atoms with van der Waals surface area (Å²) >= 11 is 0. The van der Waals surface area contributed by atoms with Crippen LogP contribution in [0, 0.1) is 6.92 Å². The third-order valence-electron chi connectivity index (χ3n) is 4.05. The highest BCUT2D eigenvalue weighted by Crippen LogP contribution is 2.21. The van der Waals surface area contributed by atoms with Gasteiger partial charge in [-0.1, -0.05) is 17.7 Å². The van der Waals surface area contributed by atoms with Crippen LogP contribution in [-0.4, -0.2) is 55.2 Å². The Balaban J connectivity index is 1.52. The number of hydrogen-bond donors (Lipinski definition) is 1. The summed E-state index contributed by atoms with van der Waals surface area (Å²) < 4.78 is 11.1. The predicted octanol–water partition coefficient (Wildman–Crippen LogP) is 2.24. The number of aryl methyl sites for hydroxylation is 1. The van der Waals surface area contributed by atoms with Gasteiger partial charge in [0, 0.05) is 32.4 Å². The lowest BCUT2D eigenvalue weighted by molar-refractivity contribution is 0.0383. The van der Waals surface area contributed by atoms with Crippen LogP contribution in [0.1, 0.15) is 15.9 Å². The van der Waals surface area contributed by atoms with E-state index in [0.29, 0.717) is 17.9 Å². The van der Waals surface area contributed by atoms with Crippen LogP contribution >= 0.6 is 0 Å². The van der Waals surface area contributed by atoms with E-state index in [-0.39, 0.29) is 5.91 Å². The van der Waals surface area contributed by atoms with Gasteiger partial charge in [0.05, 0.1) is 25.0 Å². The Labute approximate surface area is 147 Å². The first-order valence-corrected chi connectivity index (χ1v) is 8.48. The van der Waals surface area contributed by atoms with Crippen molar-refractivity contribution >= 4 is 5.91 Å². The van der Waals surface area contributed by atoms with E-state index in [1.54, 1.807) is 18.5 Å². The van der Waals surface area contributed by atoms with Crippen molar-refractivity contribution in [1.29, 1.82) is 0 Å². The lowest BCUT2D eigenvalue weighted by atomic mass is 10.2. The molecule has 2 aromatic rings. The summed E-state index contributed by atoms with van der Waals surface area (Å²) in [7, 11) is 0. The number of rotatable bonds is 6. The molecule has 6 nitrogen and oxygen atoms in total. The molecule has 2 heterocycles. The molecule has 1 aromatic carbocycles. The zero-order valence-corrected chi connectivity index (χ0v) is 14.4. The van der Waals surface area contributed by atoms with Crippen molar-refractivity contribution in [3.63, 3.8) is 0 Å². The number of nitrogens with one attached hydrogen (secondary N) is 1. The van der Waals surface area contributed by atoms with Crippen LogP contribution in [0.4, 0.5) is 0 Å². The molecule has 0 unspecified atom stereocenters. The molecule has 0 bridgehead atoms. The molecule has 1 aliphatic heterocycles. The molecule has 6 heteroatoms. The largest absolute Gasteiger partial charge is 0.456 e. The van der Waals surface area contributed by atoms with Gasteiger partial charge >= 0.3 is 0 Å². The standard InChI is InChI=1S/C19H23N3O3/c1-15-2-4-17(5-3-15)25-18-12-16(13-20-14-18)19(23)21-6-7-22-8-10-24-11-9-22/h2-5,12-14H,6-11H2,1H3,(H,21,23). The van der Waals surface area contributed by atoms with Gasteiger partial charge in [0.15, 0.2) is 0 Å². The van der Waals surface area contributed by atoms with Gasteiger partial charge in [0.2, 0.25) is 0 Å². The van der Waals surface area contributed by atoms with Gasteiger partial charge in [-0.25, -0.2) is 0 Å². The monoisotopic (exact) mass is 341 g/mol. The number of carbonyl (C=O) groups excluding carboxylic acids is 1. The minimum Gasteiger partial charge on any atom is -0.456 e. The van der Waals surface area contributed by atoms with E-state index in [0.717, 1.165) is 38.6 Å². The minimum absolute atomic E-state index is 0.143. The number of pyridine rings is 1. The number of hydrogen-bond acceptors (Lipinski definition) is 5. The van der Waals surface area contributed by atoms with Crippen molar-refractivity contribution in [3.8, 4) is 11.5 Å². The molecule has 0 radical (unpaired) electrons. The van der Waals surface area contributed by atoms with E-state index in [2.05, 4.69) is 15.2 Å². The maximum Gasteiger partial charge on any atom is 0.253 e. The number of benzene rings is 1.